The number of aromatic amines is 1. The highest BCUT2D eigenvalue weighted by Crippen LogP contribution is 2.41. The molecule has 16 heavy (non-hydrogen) atoms. The van der Waals surface area contributed by atoms with Crippen molar-refractivity contribution in [3.63, 3.8) is 0 Å². The summed E-state index contributed by atoms with van der Waals surface area (Å²) in [6, 6.07) is 0. The van der Waals surface area contributed by atoms with Crippen LogP contribution >= 0.6 is 11.6 Å². The maximum absolute atomic E-state index is 11.3. The molecule has 88 valence electrons. The summed E-state index contributed by atoms with van der Waals surface area (Å²) in [7, 11) is 0. The van der Waals surface area contributed by atoms with Crippen molar-refractivity contribution in [3.8, 4) is 0 Å². The Morgan fingerprint density at radius 3 is 3.00 bits per heavy atom. The van der Waals surface area contributed by atoms with E-state index >= 15 is 0 Å². The van der Waals surface area contributed by atoms with Crippen molar-refractivity contribution in [2.24, 2.45) is 11.7 Å². The van der Waals surface area contributed by atoms with Crippen molar-refractivity contribution in [2.45, 2.75) is 25.3 Å². The molecule has 1 aliphatic carbocycles. The smallest absolute Gasteiger partial charge is 0.285 e. The topological polar surface area (TPSA) is 83.8 Å². The third-order valence-electron chi connectivity index (χ3n) is 3.12. The lowest BCUT2D eigenvalue weighted by atomic mass is 9.96. The zero-order valence-corrected chi connectivity index (χ0v) is 9.84. The number of H-pyrrole nitrogens is 1. The third-order valence-corrected chi connectivity index (χ3v) is 3.49. The molecular weight excluding hydrogens is 228 g/mol. The number of nitrogens with zero attached hydrogens (tertiary/aromatic N) is 1. The standard InChI is InChI=1S/C10H15ClN4O/c1-10(5-12,6-2-3-6)14-7-4-13-15-9(16)8(7)11/h4,6H,2-3,5,12H2,1H3,(H2,14,15,16). The molecule has 1 unspecified atom stereocenters. The van der Waals surface area contributed by atoms with Gasteiger partial charge in [0.05, 0.1) is 11.9 Å². The van der Waals surface area contributed by atoms with Crippen LogP contribution in [-0.4, -0.2) is 22.3 Å². The molecule has 0 spiro atoms. The number of rotatable bonds is 4. The van der Waals surface area contributed by atoms with Crippen molar-refractivity contribution in [1.82, 2.24) is 10.2 Å². The van der Waals surface area contributed by atoms with Crippen LogP contribution in [0.3, 0.4) is 0 Å². The van der Waals surface area contributed by atoms with Crippen LogP contribution in [0.2, 0.25) is 5.02 Å². The lowest BCUT2D eigenvalue weighted by Gasteiger charge is -2.30. The Morgan fingerprint density at radius 1 is 1.75 bits per heavy atom. The van der Waals surface area contributed by atoms with Crippen LogP contribution in [0, 0.1) is 5.92 Å². The van der Waals surface area contributed by atoms with E-state index in [1.807, 2.05) is 6.92 Å². The first-order chi connectivity index (χ1) is 7.57. The fraction of sp³-hybridized carbons (Fsp3) is 0.600. The second-order valence-electron chi connectivity index (χ2n) is 4.45. The van der Waals surface area contributed by atoms with E-state index in [9.17, 15) is 4.79 Å². The lowest BCUT2D eigenvalue weighted by molar-refractivity contribution is 0.459. The van der Waals surface area contributed by atoms with Gasteiger partial charge < -0.3 is 11.1 Å². The third kappa shape index (κ3) is 2.05. The second kappa shape index (κ2) is 4.07. The predicted octanol–water partition coefficient (Wildman–Crippen LogP) is 0.963. The molecule has 1 aromatic heterocycles. The number of hydrogen-bond donors (Lipinski definition) is 3. The van der Waals surface area contributed by atoms with Gasteiger partial charge in [0.2, 0.25) is 0 Å². The predicted molar refractivity (Wildman–Crippen MR) is 63.7 cm³/mol. The van der Waals surface area contributed by atoms with Gasteiger partial charge in [0, 0.05) is 12.1 Å². The molecule has 0 radical (unpaired) electrons. The first-order valence-corrected chi connectivity index (χ1v) is 5.66. The molecule has 0 amide bonds. The van der Waals surface area contributed by atoms with Crippen LogP contribution in [-0.2, 0) is 0 Å². The number of aromatic nitrogens is 2. The molecule has 2 rings (SSSR count). The monoisotopic (exact) mass is 242 g/mol. The first-order valence-electron chi connectivity index (χ1n) is 5.28. The van der Waals surface area contributed by atoms with Crippen LogP contribution in [0.1, 0.15) is 19.8 Å². The van der Waals surface area contributed by atoms with Crippen molar-refractivity contribution >= 4 is 17.3 Å². The summed E-state index contributed by atoms with van der Waals surface area (Å²) >= 11 is 5.89. The van der Waals surface area contributed by atoms with Crippen molar-refractivity contribution < 1.29 is 0 Å². The van der Waals surface area contributed by atoms with Gasteiger partial charge in [-0.25, -0.2) is 5.10 Å². The van der Waals surface area contributed by atoms with E-state index in [4.69, 9.17) is 17.3 Å². The number of halogens is 1. The highest BCUT2D eigenvalue weighted by Gasteiger charge is 2.40. The molecule has 6 heteroatoms. The molecule has 1 saturated carbocycles. The van der Waals surface area contributed by atoms with E-state index in [1.165, 1.54) is 6.20 Å². The molecule has 5 nitrogen and oxygen atoms in total. The van der Waals surface area contributed by atoms with Crippen LogP contribution in [0.5, 0.6) is 0 Å². The summed E-state index contributed by atoms with van der Waals surface area (Å²) in [5.74, 6) is 0.549. The molecule has 0 aliphatic heterocycles. The van der Waals surface area contributed by atoms with Crippen LogP contribution in [0.15, 0.2) is 11.0 Å². The summed E-state index contributed by atoms with van der Waals surface area (Å²) in [4.78, 5) is 11.3. The molecule has 1 heterocycles. The minimum absolute atomic E-state index is 0.135. The quantitative estimate of drug-likeness (QED) is 0.735. The van der Waals surface area contributed by atoms with Gasteiger partial charge in [-0.3, -0.25) is 4.79 Å². The molecule has 0 saturated heterocycles. The van der Waals surface area contributed by atoms with E-state index in [2.05, 4.69) is 15.5 Å². The Labute approximate surface area is 98.4 Å². The van der Waals surface area contributed by atoms with Gasteiger partial charge in [0.15, 0.2) is 0 Å². The van der Waals surface area contributed by atoms with Gasteiger partial charge in [-0.05, 0) is 25.7 Å². The van der Waals surface area contributed by atoms with Crippen molar-refractivity contribution in [3.05, 3.63) is 21.6 Å². The molecule has 1 aromatic rings. The molecule has 1 aliphatic rings. The highest BCUT2D eigenvalue weighted by molar-refractivity contribution is 6.32. The molecule has 1 fully saturated rings. The van der Waals surface area contributed by atoms with Crippen molar-refractivity contribution in [1.29, 1.82) is 0 Å². The Bertz CT molecular complexity index is 443. The summed E-state index contributed by atoms with van der Waals surface area (Å²) in [6.45, 7) is 2.54. The van der Waals surface area contributed by atoms with E-state index in [-0.39, 0.29) is 16.1 Å². The number of hydrogen-bond acceptors (Lipinski definition) is 4. The minimum atomic E-state index is -0.387. The second-order valence-corrected chi connectivity index (χ2v) is 4.83. The van der Waals surface area contributed by atoms with Gasteiger partial charge >= 0.3 is 0 Å². The van der Waals surface area contributed by atoms with E-state index in [0.29, 0.717) is 18.2 Å². The first kappa shape index (κ1) is 11.4. The molecule has 4 N–H and O–H groups in total. The lowest BCUT2D eigenvalue weighted by Crippen LogP contribution is -2.45. The average Bonchev–Trinajstić information content (AvgIpc) is 3.08. The maximum atomic E-state index is 11.3. The SMILES string of the molecule is CC(CN)(Nc1cn[nH]c(=O)c1Cl)C1CC1. The fourth-order valence-corrected chi connectivity index (χ4v) is 1.96. The van der Waals surface area contributed by atoms with Crippen LogP contribution < -0.4 is 16.6 Å². The van der Waals surface area contributed by atoms with E-state index in [0.717, 1.165) is 12.8 Å². The molecule has 0 aromatic carbocycles. The van der Waals surface area contributed by atoms with Gasteiger partial charge in [0.1, 0.15) is 5.02 Å². The number of anilines is 1. The van der Waals surface area contributed by atoms with E-state index < -0.39 is 0 Å². The summed E-state index contributed by atoms with van der Waals surface area (Å²) in [5.41, 5.74) is 5.72. The zero-order chi connectivity index (χ0) is 11.8. The maximum Gasteiger partial charge on any atom is 0.285 e. The minimum Gasteiger partial charge on any atom is -0.376 e. The van der Waals surface area contributed by atoms with Gasteiger partial charge in [-0.15, -0.1) is 0 Å². The normalized spacial score (nSPS) is 19.2. The Hall–Kier alpha value is -1.07. The Kier molecular flexibility index (Phi) is 2.90. The Balaban J connectivity index is 2.25. The summed E-state index contributed by atoms with van der Waals surface area (Å²) in [6.07, 6.45) is 3.84. The molecular formula is C10H15ClN4O. The van der Waals surface area contributed by atoms with Crippen LogP contribution in [0.4, 0.5) is 5.69 Å². The Morgan fingerprint density at radius 2 is 2.44 bits per heavy atom. The molecule has 1 atom stereocenters. The fourth-order valence-electron chi connectivity index (χ4n) is 1.82. The van der Waals surface area contributed by atoms with Gasteiger partial charge in [-0.2, -0.15) is 5.10 Å². The van der Waals surface area contributed by atoms with Crippen molar-refractivity contribution in [2.75, 3.05) is 11.9 Å². The number of nitrogens with one attached hydrogen (secondary N) is 2. The summed E-state index contributed by atoms with van der Waals surface area (Å²) in [5, 5.41) is 9.37. The molecule has 0 bridgehead atoms. The van der Waals surface area contributed by atoms with Gasteiger partial charge in [-0.1, -0.05) is 11.6 Å². The van der Waals surface area contributed by atoms with Crippen LogP contribution in [0.25, 0.3) is 0 Å². The van der Waals surface area contributed by atoms with E-state index in [1.54, 1.807) is 0 Å². The average molecular weight is 243 g/mol. The number of nitrogens with two attached hydrogens (primary N) is 1. The highest BCUT2D eigenvalue weighted by atomic mass is 35.5. The summed E-state index contributed by atoms with van der Waals surface area (Å²) < 4.78 is 0. The largest absolute Gasteiger partial charge is 0.376 e. The zero-order valence-electron chi connectivity index (χ0n) is 9.09. The van der Waals surface area contributed by atoms with Gasteiger partial charge in [0.25, 0.3) is 5.56 Å².